The Kier molecular flexibility index (Phi) is 3.14. The number of fused-ring (bicyclic) bond motifs is 1. The number of piperidine rings is 1. The van der Waals surface area contributed by atoms with Gasteiger partial charge in [0.2, 0.25) is 0 Å². The fourth-order valence-electron chi connectivity index (χ4n) is 2.92. The third kappa shape index (κ3) is 2.18. The normalized spacial score (nSPS) is 24.1. The smallest absolute Gasteiger partial charge is 0.154 e. The Bertz CT molecular complexity index is 576. The van der Waals surface area contributed by atoms with Crippen LogP contribution >= 0.6 is 0 Å². The molecule has 0 aliphatic carbocycles. The maximum atomic E-state index is 5.89. The second kappa shape index (κ2) is 4.81. The van der Waals surface area contributed by atoms with Crippen molar-refractivity contribution in [3.8, 4) is 0 Å². The molecule has 3 heterocycles. The molecule has 2 N–H and O–H groups in total. The van der Waals surface area contributed by atoms with Gasteiger partial charge in [0.1, 0.15) is 5.52 Å². The van der Waals surface area contributed by atoms with Gasteiger partial charge in [-0.1, -0.05) is 6.92 Å². The zero-order valence-electron chi connectivity index (χ0n) is 11.6. The summed E-state index contributed by atoms with van der Waals surface area (Å²) in [5.74, 6) is 2.29. The first kappa shape index (κ1) is 12.4. The lowest BCUT2D eigenvalue weighted by Crippen LogP contribution is -2.43. The summed E-state index contributed by atoms with van der Waals surface area (Å²) in [6.45, 7) is 7.10. The topological polar surface area (TPSA) is 59.5 Å². The number of nitrogens with two attached hydrogens (primary N) is 1. The predicted molar refractivity (Wildman–Crippen MR) is 76.3 cm³/mol. The SMILES string of the molecule is Cc1cc2c(N3CCC(C)C(CN)C3)nccn2n1. The van der Waals surface area contributed by atoms with Crippen molar-refractivity contribution >= 4 is 11.3 Å². The molecule has 2 aromatic heterocycles. The minimum absolute atomic E-state index is 0.555. The molecular weight excluding hydrogens is 238 g/mol. The molecule has 0 amide bonds. The highest BCUT2D eigenvalue weighted by Crippen LogP contribution is 2.28. The Balaban J connectivity index is 1.95. The number of anilines is 1. The van der Waals surface area contributed by atoms with Crippen LogP contribution in [0.3, 0.4) is 0 Å². The average molecular weight is 259 g/mol. The fraction of sp³-hybridized carbons (Fsp3) is 0.571. The molecule has 1 fully saturated rings. The molecule has 2 unspecified atom stereocenters. The monoisotopic (exact) mass is 259 g/mol. The van der Waals surface area contributed by atoms with Crippen molar-refractivity contribution in [2.45, 2.75) is 20.3 Å². The van der Waals surface area contributed by atoms with Gasteiger partial charge in [0.25, 0.3) is 0 Å². The second-order valence-corrected chi connectivity index (χ2v) is 5.57. The first-order valence-corrected chi connectivity index (χ1v) is 6.95. The minimum Gasteiger partial charge on any atom is -0.354 e. The molecule has 5 heteroatoms. The van der Waals surface area contributed by atoms with Crippen molar-refractivity contribution in [1.82, 2.24) is 14.6 Å². The Morgan fingerprint density at radius 3 is 3.11 bits per heavy atom. The van der Waals surface area contributed by atoms with E-state index >= 15 is 0 Å². The molecule has 0 aromatic carbocycles. The number of hydrogen-bond donors (Lipinski definition) is 1. The van der Waals surface area contributed by atoms with Gasteiger partial charge >= 0.3 is 0 Å². The van der Waals surface area contributed by atoms with Crippen molar-refractivity contribution < 1.29 is 0 Å². The molecule has 0 radical (unpaired) electrons. The molecule has 2 aromatic rings. The molecule has 0 bridgehead atoms. The van der Waals surface area contributed by atoms with Gasteiger partial charge in [0.15, 0.2) is 5.82 Å². The Labute approximate surface area is 113 Å². The summed E-state index contributed by atoms with van der Waals surface area (Å²) in [5.41, 5.74) is 8.00. The highest BCUT2D eigenvalue weighted by Gasteiger charge is 2.26. The predicted octanol–water partition coefficient (Wildman–Crippen LogP) is 1.46. The highest BCUT2D eigenvalue weighted by atomic mass is 15.3. The van der Waals surface area contributed by atoms with E-state index in [4.69, 9.17) is 5.73 Å². The van der Waals surface area contributed by atoms with E-state index in [2.05, 4.69) is 28.0 Å². The number of rotatable bonds is 2. The third-order valence-corrected chi connectivity index (χ3v) is 4.21. The summed E-state index contributed by atoms with van der Waals surface area (Å²) < 4.78 is 1.91. The van der Waals surface area contributed by atoms with Crippen LogP contribution in [-0.2, 0) is 0 Å². The van der Waals surface area contributed by atoms with Gasteiger partial charge in [-0.2, -0.15) is 5.10 Å². The van der Waals surface area contributed by atoms with Crippen molar-refractivity contribution in [3.05, 3.63) is 24.2 Å². The van der Waals surface area contributed by atoms with Gasteiger partial charge in [0.05, 0.1) is 5.69 Å². The Morgan fingerprint density at radius 2 is 2.32 bits per heavy atom. The lowest BCUT2D eigenvalue weighted by Gasteiger charge is -2.37. The van der Waals surface area contributed by atoms with Gasteiger partial charge in [-0.15, -0.1) is 0 Å². The van der Waals surface area contributed by atoms with Crippen molar-refractivity contribution in [3.63, 3.8) is 0 Å². The Morgan fingerprint density at radius 1 is 1.47 bits per heavy atom. The van der Waals surface area contributed by atoms with Gasteiger partial charge < -0.3 is 10.6 Å². The van der Waals surface area contributed by atoms with E-state index in [1.807, 2.05) is 23.8 Å². The second-order valence-electron chi connectivity index (χ2n) is 5.57. The Hall–Kier alpha value is -1.62. The molecule has 1 saturated heterocycles. The van der Waals surface area contributed by atoms with E-state index in [1.54, 1.807) is 0 Å². The highest BCUT2D eigenvalue weighted by molar-refractivity contribution is 5.69. The molecule has 2 atom stereocenters. The summed E-state index contributed by atoms with van der Waals surface area (Å²) in [6.07, 6.45) is 4.90. The summed E-state index contributed by atoms with van der Waals surface area (Å²) in [6, 6.07) is 2.10. The van der Waals surface area contributed by atoms with Crippen molar-refractivity contribution in [1.29, 1.82) is 0 Å². The average Bonchev–Trinajstić information content (AvgIpc) is 2.79. The number of hydrogen-bond acceptors (Lipinski definition) is 4. The van der Waals surface area contributed by atoms with Gasteiger partial charge in [-0.05, 0) is 37.8 Å². The van der Waals surface area contributed by atoms with Crippen LogP contribution in [0.5, 0.6) is 0 Å². The van der Waals surface area contributed by atoms with E-state index in [0.29, 0.717) is 11.8 Å². The lowest BCUT2D eigenvalue weighted by molar-refractivity contribution is 0.307. The van der Waals surface area contributed by atoms with Gasteiger partial charge in [-0.25, -0.2) is 9.50 Å². The van der Waals surface area contributed by atoms with Crippen LogP contribution in [0.1, 0.15) is 19.0 Å². The summed E-state index contributed by atoms with van der Waals surface area (Å²) in [4.78, 5) is 6.92. The van der Waals surface area contributed by atoms with Crippen LogP contribution in [0.4, 0.5) is 5.82 Å². The van der Waals surface area contributed by atoms with E-state index in [0.717, 1.165) is 36.7 Å². The van der Waals surface area contributed by atoms with Gasteiger partial charge in [-0.3, -0.25) is 0 Å². The number of aryl methyl sites for hydroxylation is 1. The molecule has 1 aliphatic rings. The summed E-state index contributed by atoms with van der Waals surface area (Å²) in [5, 5.41) is 4.45. The molecule has 1 aliphatic heterocycles. The molecule has 19 heavy (non-hydrogen) atoms. The van der Waals surface area contributed by atoms with Crippen molar-refractivity contribution in [2.75, 3.05) is 24.5 Å². The molecule has 0 saturated carbocycles. The minimum atomic E-state index is 0.555. The lowest BCUT2D eigenvalue weighted by atomic mass is 9.87. The maximum absolute atomic E-state index is 5.89. The first-order valence-electron chi connectivity index (χ1n) is 6.95. The van der Waals surface area contributed by atoms with E-state index in [-0.39, 0.29) is 0 Å². The quantitative estimate of drug-likeness (QED) is 0.887. The fourth-order valence-corrected chi connectivity index (χ4v) is 2.92. The van der Waals surface area contributed by atoms with Crippen LogP contribution in [0.25, 0.3) is 5.52 Å². The van der Waals surface area contributed by atoms with Gasteiger partial charge in [0, 0.05) is 25.5 Å². The molecular formula is C14H21N5. The summed E-state index contributed by atoms with van der Waals surface area (Å²) >= 11 is 0. The van der Waals surface area contributed by atoms with E-state index < -0.39 is 0 Å². The van der Waals surface area contributed by atoms with Crippen LogP contribution < -0.4 is 10.6 Å². The number of aromatic nitrogens is 3. The molecule has 5 nitrogen and oxygen atoms in total. The molecule has 0 spiro atoms. The zero-order chi connectivity index (χ0) is 13.4. The standard InChI is InChI=1S/C14H21N5/c1-10-3-5-18(9-12(10)8-15)14-13-7-11(2)17-19(13)6-4-16-14/h4,6-7,10,12H,3,5,8-9,15H2,1-2H3. The first-order chi connectivity index (χ1) is 9.19. The summed E-state index contributed by atoms with van der Waals surface area (Å²) in [7, 11) is 0. The van der Waals surface area contributed by atoms with E-state index in [1.165, 1.54) is 6.42 Å². The zero-order valence-corrected chi connectivity index (χ0v) is 11.6. The van der Waals surface area contributed by atoms with Crippen LogP contribution in [0.15, 0.2) is 18.5 Å². The number of nitrogens with zero attached hydrogens (tertiary/aromatic N) is 4. The molecule has 102 valence electrons. The van der Waals surface area contributed by atoms with Crippen molar-refractivity contribution in [2.24, 2.45) is 17.6 Å². The third-order valence-electron chi connectivity index (χ3n) is 4.21. The largest absolute Gasteiger partial charge is 0.354 e. The maximum Gasteiger partial charge on any atom is 0.154 e. The van der Waals surface area contributed by atoms with E-state index in [9.17, 15) is 0 Å². The van der Waals surface area contributed by atoms with Crippen LogP contribution in [-0.4, -0.2) is 34.2 Å². The van der Waals surface area contributed by atoms with Crippen LogP contribution in [0, 0.1) is 18.8 Å². The molecule has 3 rings (SSSR count). The van der Waals surface area contributed by atoms with Crippen LogP contribution in [0.2, 0.25) is 0 Å².